The number of carbonyl (C=O) groups excluding carboxylic acids is 1. The lowest BCUT2D eigenvalue weighted by atomic mass is 10.1. The van der Waals surface area contributed by atoms with Crippen molar-refractivity contribution in [2.45, 2.75) is 49.2 Å². The maximum Gasteiger partial charge on any atom is 0.322 e. The van der Waals surface area contributed by atoms with E-state index in [0.29, 0.717) is 12.3 Å². The molecule has 1 aliphatic heterocycles. The normalized spacial score (nSPS) is 18.9. The van der Waals surface area contributed by atoms with Gasteiger partial charge in [-0.05, 0) is 61.6 Å². The summed E-state index contributed by atoms with van der Waals surface area (Å²) in [6, 6.07) is 13.9. The monoisotopic (exact) mass is 516 g/mol. The van der Waals surface area contributed by atoms with Gasteiger partial charge in [-0.3, -0.25) is 10.1 Å². The number of aromatic nitrogens is 2. The van der Waals surface area contributed by atoms with Crippen LogP contribution in [0.4, 0.5) is 6.01 Å². The van der Waals surface area contributed by atoms with Crippen LogP contribution in [-0.4, -0.2) is 59.9 Å². The fraction of sp³-hybridized carbons (Fsp3) is 0.375. The van der Waals surface area contributed by atoms with Crippen molar-refractivity contribution in [3.63, 3.8) is 0 Å². The maximum absolute atomic E-state index is 13.0. The van der Waals surface area contributed by atoms with E-state index in [0.717, 1.165) is 11.3 Å². The Kier molecular flexibility index (Phi) is 7.90. The van der Waals surface area contributed by atoms with Crippen molar-refractivity contribution in [2.75, 3.05) is 24.2 Å². The van der Waals surface area contributed by atoms with Gasteiger partial charge in [0.2, 0.25) is 15.9 Å². The van der Waals surface area contributed by atoms with Crippen molar-refractivity contribution in [3.8, 4) is 0 Å². The Balaban J connectivity index is 1.38. The van der Waals surface area contributed by atoms with Crippen LogP contribution in [0.5, 0.6) is 0 Å². The summed E-state index contributed by atoms with van der Waals surface area (Å²) in [4.78, 5) is 13.9. The molecule has 2 heterocycles. The lowest BCUT2D eigenvalue weighted by molar-refractivity contribution is -0.0440. The molecule has 1 N–H and O–H groups in total. The van der Waals surface area contributed by atoms with Gasteiger partial charge in [0.25, 0.3) is 5.91 Å². The highest BCUT2D eigenvalue weighted by Crippen LogP contribution is 2.22. The van der Waals surface area contributed by atoms with Gasteiger partial charge in [0.05, 0.1) is 23.5 Å². The minimum absolute atomic E-state index is 0.0175. The zero-order valence-corrected chi connectivity index (χ0v) is 21.4. The van der Waals surface area contributed by atoms with E-state index in [1.165, 1.54) is 33.5 Å². The first kappa shape index (κ1) is 25.4. The minimum atomic E-state index is -3.68. The lowest BCUT2D eigenvalue weighted by Crippen LogP contribution is -2.48. The Hall–Kier alpha value is -2.73. The fourth-order valence-corrected chi connectivity index (χ4v) is 6.10. The Morgan fingerprint density at radius 1 is 1.06 bits per heavy atom. The quantitative estimate of drug-likeness (QED) is 0.450. The first-order valence-electron chi connectivity index (χ1n) is 11.4. The molecule has 0 radical (unpaired) electrons. The number of hydrogen-bond acceptors (Lipinski definition) is 8. The summed E-state index contributed by atoms with van der Waals surface area (Å²) in [5.74, 6) is 0.919. The number of rotatable bonds is 8. The largest absolute Gasteiger partial charge is 0.407 e. The van der Waals surface area contributed by atoms with Gasteiger partial charge in [0, 0.05) is 23.5 Å². The summed E-state index contributed by atoms with van der Waals surface area (Å²) in [5.41, 5.74) is 1.30. The van der Waals surface area contributed by atoms with Crippen LogP contribution in [0.15, 0.2) is 62.7 Å². The van der Waals surface area contributed by atoms with Gasteiger partial charge in [-0.2, -0.15) is 4.31 Å². The number of nitrogens with zero attached hydrogens (tertiary/aromatic N) is 3. The van der Waals surface area contributed by atoms with Gasteiger partial charge in [-0.15, -0.1) is 16.9 Å². The molecule has 1 aromatic heterocycles. The minimum Gasteiger partial charge on any atom is -0.407 e. The van der Waals surface area contributed by atoms with Gasteiger partial charge in [0.1, 0.15) is 0 Å². The number of carbonyl (C=O) groups is 1. The predicted octanol–water partition coefficient (Wildman–Crippen LogP) is 3.82. The molecule has 0 aliphatic carbocycles. The topological polar surface area (TPSA) is 115 Å². The number of benzene rings is 2. The number of sulfonamides is 1. The molecule has 3 aromatic rings. The average Bonchev–Trinajstić information content (AvgIpc) is 3.26. The molecule has 0 saturated carbocycles. The second-order valence-electron chi connectivity index (χ2n) is 8.31. The van der Waals surface area contributed by atoms with Crippen molar-refractivity contribution < 1.29 is 22.4 Å². The van der Waals surface area contributed by atoms with Crippen LogP contribution in [0.1, 0.15) is 42.6 Å². The second-order valence-corrected chi connectivity index (χ2v) is 11.6. The molecule has 0 spiro atoms. The Labute approximate surface area is 209 Å². The molecule has 9 nitrogen and oxygen atoms in total. The highest BCUT2D eigenvalue weighted by molar-refractivity contribution is 7.99. The number of thioether (sulfide) groups is 1. The predicted molar refractivity (Wildman–Crippen MR) is 133 cm³/mol. The van der Waals surface area contributed by atoms with Crippen molar-refractivity contribution in [1.29, 1.82) is 0 Å². The first-order valence-corrected chi connectivity index (χ1v) is 13.8. The molecule has 11 heteroatoms. The van der Waals surface area contributed by atoms with Crippen LogP contribution >= 0.6 is 11.8 Å². The molecular weight excluding hydrogens is 488 g/mol. The van der Waals surface area contributed by atoms with Crippen LogP contribution in [-0.2, 0) is 21.2 Å². The summed E-state index contributed by atoms with van der Waals surface area (Å²) in [6.07, 6.45) is 0.0836. The zero-order valence-electron chi connectivity index (χ0n) is 19.8. The van der Waals surface area contributed by atoms with E-state index in [1.807, 2.05) is 38.1 Å². The molecule has 2 aromatic carbocycles. The summed E-state index contributed by atoms with van der Waals surface area (Å²) >= 11 is 1.77. The van der Waals surface area contributed by atoms with Gasteiger partial charge in [-0.25, -0.2) is 8.42 Å². The summed E-state index contributed by atoms with van der Waals surface area (Å²) in [5, 5.41) is 10.4. The van der Waals surface area contributed by atoms with Gasteiger partial charge >= 0.3 is 6.01 Å². The lowest BCUT2D eigenvalue weighted by Gasteiger charge is -2.34. The second kappa shape index (κ2) is 10.9. The van der Waals surface area contributed by atoms with Crippen LogP contribution in [0.3, 0.4) is 0 Å². The molecule has 35 heavy (non-hydrogen) atoms. The first-order chi connectivity index (χ1) is 16.7. The maximum atomic E-state index is 13.0. The third-order valence-electron chi connectivity index (χ3n) is 5.42. The van der Waals surface area contributed by atoms with E-state index in [1.54, 1.807) is 11.8 Å². The third-order valence-corrected chi connectivity index (χ3v) is 8.16. The molecule has 0 bridgehead atoms. The Morgan fingerprint density at radius 3 is 2.34 bits per heavy atom. The third kappa shape index (κ3) is 6.29. The van der Waals surface area contributed by atoms with Crippen LogP contribution in [0.25, 0.3) is 0 Å². The number of amides is 1. The molecule has 1 amide bonds. The zero-order chi connectivity index (χ0) is 25.0. The standard InChI is InChI=1S/C24H28N4O5S2/c1-4-34-20-9-5-18(6-10-20)13-22-26-27-24(33-22)25-23(29)19-7-11-21(12-8-19)35(30,31)28-14-16(2)32-17(3)15-28/h5-12,16-17H,4,13-15H2,1-3H3,(H,25,27,29). The number of anilines is 1. The van der Waals surface area contributed by atoms with Crippen molar-refractivity contribution >= 4 is 33.7 Å². The molecule has 186 valence electrons. The summed E-state index contributed by atoms with van der Waals surface area (Å²) < 4.78 is 38.6. The molecular formula is C24H28N4O5S2. The fourth-order valence-electron chi connectivity index (χ4n) is 3.84. The summed E-state index contributed by atoms with van der Waals surface area (Å²) in [6.45, 7) is 6.37. The smallest absolute Gasteiger partial charge is 0.322 e. The molecule has 1 fully saturated rings. The summed E-state index contributed by atoms with van der Waals surface area (Å²) in [7, 11) is -3.68. The Morgan fingerprint density at radius 2 is 1.71 bits per heavy atom. The van der Waals surface area contributed by atoms with Gasteiger partial charge < -0.3 is 9.15 Å². The van der Waals surface area contributed by atoms with E-state index in [-0.39, 0.29) is 41.8 Å². The van der Waals surface area contributed by atoms with Gasteiger partial charge in [-0.1, -0.05) is 24.2 Å². The highest BCUT2D eigenvalue weighted by Gasteiger charge is 2.32. The molecule has 1 saturated heterocycles. The Bertz CT molecular complexity index is 1250. The molecule has 4 rings (SSSR count). The van der Waals surface area contributed by atoms with E-state index in [9.17, 15) is 13.2 Å². The molecule has 1 aliphatic rings. The number of nitrogens with one attached hydrogen (secondary N) is 1. The highest BCUT2D eigenvalue weighted by atomic mass is 32.2. The van der Waals surface area contributed by atoms with E-state index < -0.39 is 15.9 Å². The van der Waals surface area contributed by atoms with Crippen LogP contribution < -0.4 is 5.32 Å². The van der Waals surface area contributed by atoms with Crippen molar-refractivity contribution in [3.05, 3.63) is 65.5 Å². The van der Waals surface area contributed by atoms with Crippen LogP contribution in [0.2, 0.25) is 0 Å². The van der Waals surface area contributed by atoms with E-state index in [4.69, 9.17) is 9.15 Å². The number of morpholine rings is 1. The molecule has 2 atom stereocenters. The van der Waals surface area contributed by atoms with Crippen LogP contribution in [0, 0.1) is 0 Å². The van der Waals surface area contributed by atoms with E-state index in [2.05, 4.69) is 22.4 Å². The van der Waals surface area contributed by atoms with Crippen molar-refractivity contribution in [2.24, 2.45) is 0 Å². The average molecular weight is 517 g/mol. The number of ether oxygens (including phenoxy) is 1. The van der Waals surface area contributed by atoms with E-state index >= 15 is 0 Å². The SMILES string of the molecule is CCSc1ccc(Cc2nnc(NC(=O)c3ccc(S(=O)(=O)N4CC(C)OC(C)C4)cc3)o2)cc1. The van der Waals surface area contributed by atoms with Crippen molar-refractivity contribution in [1.82, 2.24) is 14.5 Å². The number of hydrogen-bond donors (Lipinski definition) is 1. The van der Waals surface area contributed by atoms with Gasteiger partial charge in [0.15, 0.2) is 0 Å². The molecule has 2 unspecified atom stereocenters.